The number of nitrogens with two attached hydrogens (primary N) is 1. The largest absolute Gasteiger partial charge is 0.417 e. The van der Waals surface area contributed by atoms with Crippen LogP contribution in [0.3, 0.4) is 0 Å². The molecule has 1 saturated heterocycles. The number of aromatic amines is 1. The fourth-order valence-corrected chi connectivity index (χ4v) is 4.40. The summed E-state index contributed by atoms with van der Waals surface area (Å²) in [5.41, 5.74) is 5.57. The van der Waals surface area contributed by atoms with Crippen LogP contribution in [0.5, 0.6) is 0 Å². The first kappa shape index (κ1) is 24.1. The number of alkyl halides is 3. The van der Waals surface area contributed by atoms with Crippen molar-refractivity contribution >= 4 is 16.7 Å². The summed E-state index contributed by atoms with van der Waals surface area (Å²) in [6.45, 7) is 5.14. The summed E-state index contributed by atoms with van der Waals surface area (Å²) in [5.74, 6) is -0.188. The Morgan fingerprint density at radius 1 is 1.03 bits per heavy atom. The highest BCUT2D eigenvalue weighted by atomic mass is 19.4. The Morgan fingerprint density at radius 2 is 1.78 bits per heavy atom. The van der Waals surface area contributed by atoms with E-state index in [-0.39, 0.29) is 11.3 Å². The lowest BCUT2D eigenvalue weighted by atomic mass is 9.96. The fraction of sp³-hybridized carbons (Fsp3) is 0.320. The number of rotatable bonds is 4. The van der Waals surface area contributed by atoms with Gasteiger partial charge in [-0.2, -0.15) is 18.3 Å². The molecule has 5 rings (SSSR count). The van der Waals surface area contributed by atoms with Crippen LogP contribution in [0.25, 0.3) is 33.4 Å². The molecule has 36 heavy (non-hydrogen) atoms. The zero-order valence-corrected chi connectivity index (χ0v) is 19.8. The zero-order valence-electron chi connectivity index (χ0n) is 19.8. The Morgan fingerprint density at radius 3 is 2.42 bits per heavy atom. The Bertz CT molecular complexity index is 1390. The van der Waals surface area contributed by atoms with Gasteiger partial charge in [0.25, 0.3) is 0 Å². The van der Waals surface area contributed by atoms with Crippen molar-refractivity contribution in [2.45, 2.75) is 19.1 Å². The topological polar surface area (TPSA) is 87.0 Å². The van der Waals surface area contributed by atoms with E-state index in [1.165, 1.54) is 19.2 Å². The van der Waals surface area contributed by atoms with Gasteiger partial charge < -0.3 is 15.5 Å². The summed E-state index contributed by atoms with van der Waals surface area (Å²) >= 11 is 0. The van der Waals surface area contributed by atoms with Crippen molar-refractivity contribution in [3.63, 3.8) is 0 Å². The van der Waals surface area contributed by atoms with E-state index >= 15 is 4.39 Å². The molecule has 1 aliphatic heterocycles. The molecule has 3 aromatic heterocycles. The molecule has 0 aliphatic carbocycles. The molecule has 4 aromatic rings. The van der Waals surface area contributed by atoms with E-state index in [4.69, 9.17) is 5.73 Å². The number of halogens is 4. The second-order valence-corrected chi connectivity index (χ2v) is 9.09. The van der Waals surface area contributed by atoms with Crippen molar-refractivity contribution in [2.75, 3.05) is 38.1 Å². The lowest BCUT2D eigenvalue weighted by Crippen LogP contribution is -2.44. The molecule has 0 spiro atoms. The van der Waals surface area contributed by atoms with Crippen molar-refractivity contribution in [3.05, 3.63) is 59.7 Å². The average Bonchev–Trinajstić information content (AvgIpc) is 3.27. The molecule has 11 heteroatoms. The number of likely N-dealkylation sites (N-methyl/N-ethyl adjacent to an activating group) is 1. The van der Waals surface area contributed by atoms with E-state index in [1.54, 1.807) is 6.20 Å². The summed E-state index contributed by atoms with van der Waals surface area (Å²) in [4.78, 5) is 13.1. The molecular formula is C25H25F4N7. The zero-order chi connectivity index (χ0) is 25.6. The highest BCUT2D eigenvalue weighted by molar-refractivity contribution is 5.94. The van der Waals surface area contributed by atoms with Gasteiger partial charge in [0.15, 0.2) is 0 Å². The van der Waals surface area contributed by atoms with Crippen LogP contribution in [-0.4, -0.2) is 58.3 Å². The number of benzene rings is 1. The summed E-state index contributed by atoms with van der Waals surface area (Å²) in [6.07, 6.45) is -1.76. The van der Waals surface area contributed by atoms with Crippen LogP contribution in [0.4, 0.5) is 23.4 Å². The van der Waals surface area contributed by atoms with Crippen LogP contribution in [0.2, 0.25) is 0 Å². The Balaban J connectivity index is 1.55. The van der Waals surface area contributed by atoms with Gasteiger partial charge in [0.05, 0.1) is 23.0 Å². The number of nitrogens with zero attached hydrogens (tertiary/aromatic N) is 5. The van der Waals surface area contributed by atoms with E-state index in [2.05, 4.69) is 37.0 Å². The third kappa shape index (κ3) is 4.51. The minimum absolute atomic E-state index is 0.0557. The second-order valence-electron chi connectivity index (χ2n) is 9.09. The molecule has 4 heterocycles. The quantitative estimate of drug-likeness (QED) is 0.399. The highest BCUT2D eigenvalue weighted by Crippen LogP contribution is 2.40. The Hall–Kier alpha value is -3.57. The maximum Gasteiger partial charge on any atom is 0.417 e. The van der Waals surface area contributed by atoms with Crippen LogP contribution in [-0.2, 0) is 6.18 Å². The third-order valence-electron chi connectivity index (χ3n) is 6.50. The predicted octanol–water partition coefficient (Wildman–Crippen LogP) is 4.62. The minimum Gasteiger partial charge on any atom is -0.354 e. The number of hydrogen-bond acceptors (Lipinski definition) is 6. The summed E-state index contributed by atoms with van der Waals surface area (Å²) < 4.78 is 56.7. The van der Waals surface area contributed by atoms with Gasteiger partial charge in [-0.25, -0.2) is 9.37 Å². The molecule has 0 radical (unpaired) electrons. The summed E-state index contributed by atoms with van der Waals surface area (Å²) in [7, 11) is 2.08. The van der Waals surface area contributed by atoms with Crippen LogP contribution in [0.1, 0.15) is 24.1 Å². The standard InChI is InChI=1S/C25H25F4N7/c1-14(30)16-9-18(25(27,28)29)23(19(26)10-16)20-11-17-21(13-31-20)33-34-24(17)15-3-4-22(32-12-15)36-7-5-35(2)6-8-36/h3-4,9-14H,5-8,30H2,1-2H3,(H,33,34). The van der Waals surface area contributed by atoms with E-state index < -0.39 is 29.2 Å². The first-order valence-corrected chi connectivity index (χ1v) is 11.5. The lowest BCUT2D eigenvalue weighted by Gasteiger charge is -2.33. The first-order valence-electron chi connectivity index (χ1n) is 11.5. The van der Waals surface area contributed by atoms with Crippen molar-refractivity contribution in [1.29, 1.82) is 0 Å². The summed E-state index contributed by atoms with van der Waals surface area (Å²) in [6, 6.07) is 6.34. The number of piperazine rings is 1. The van der Waals surface area contributed by atoms with Crippen LogP contribution in [0, 0.1) is 5.82 Å². The maximum atomic E-state index is 15.0. The highest BCUT2D eigenvalue weighted by Gasteiger charge is 2.36. The number of nitrogens with one attached hydrogen (secondary N) is 1. The Kier molecular flexibility index (Phi) is 6.13. The normalized spacial score (nSPS) is 16.0. The van der Waals surface area contributed by atoms with Gasteiger partial charge >= 0.3 is 6.18 Å². The fourth-order valence-electron chi connectivity index (χ4n) is 4.40. The van der Waals surface area contributed by atoms with Crippen molar-refractivity contribution in [3.8, 4) is 22.5 Å². The molecule has 0 bridgehead atoms. The van der Waals surface area contributed by atoms with Gasteiger partial charge in [-0.1, -0.05) is 0 Å². The third-order valence-corrected chi connectivity index (χ3v) is 6.50. The number of aromatic nitrogens is 4. The second kappa shape index (κ2) is 9.14. The molecule has 1 atom stereocenters. The van der Waals surface area contributed by atoms with E-state index in [0.29, 0.717) is 22.2 Å². The molecule has 3 N–H and O–H groups in total. The van der Waals surface area contributed by atoms with E-state index in [0.717, 1.165) is 44.1 Å². The number of hydrogen-bond donors (Lipinski definition) is 2. The van der Waals surface area contributed by atoms with Crippen LogP contribution >= 0.6 is 0 Å². The number of pyridine rings is 2. The van der Waals surface area contributed by atoms with Gasteiger partial charge in [-0.3, -0.25) is 10.1 Å². The molecule has 0 amide bonds. The maximum absolute atomic E-state index is 15.0. The molecule has 1 fully saturated rings. The van der Waals surface area contributed by atoms with Crippen LogP contribution < -0.4 is 10.6 Å². The van der Waals surface area contributed by atoms with Gasteiger partial charge in [0.1, 0.15) is 17.3 Å². The van der Waals surface area contributed by atoms with Gasteiger partial charge in [0, 0.05) is 54.9 Å². The van der Waals surface area contributed by atoms with E-state index in [9.17, 15) is 13.2 Å². The first-order chi connectivity index (χ1) is 17.1. The van der Waals surface area contributed by atoms with Gasteiger partial charge in [-0.15, -0.1) is 0 Å². The number of fused-ring (bicyclic) bond motifs is 1. The van der Waals surface area contributed by atoms with Crippen molar-refractivity contribution in [2.24, 2.45) is 5.73 Å². The smallest absolute Gasteiger partial charge is 0.354 e. The monoisotopic (exact) mass is 499 g/mol. The number of H-pyrrole nitrogens is 1. The van der Waals surface area contributed by atoms with Gasteiger partial charge in [0.2, 0.25) is 0 Å². The Labute approximate surface area is 204 Å². The number of anilines is 1. The van der Waals surface area contributed by atoms with Crippen molar-refractivity contribution in [1.82, 2.24) is 25.1 Å². The minimum atomic E-state index is -4.79. The average molecular weight is 500 g/mol. The summed E-state index contributed by atoms with van der Waals surface area (Å²) in [5, 5.41) is 7.68. The molecule has 1 aliphatic rings. The van der Waals surface area contributed by atoms with Crippen LogP contribution in [0.15, 0.2) is 42.7 Å². The molecule has 188 valence electrons. The van der Waals surface area contributed by atoms with Gasteiger partial charge in [-0.05, 0) is 49.9 Å². The molecular weight excluding hydrogens is 474 g/mol. The SMILES string of the molecule is CC(N)c1cc(F)c(-c2cc3c(-c4ccc(N5CCN(C)CC5)nc4)n[nH]c3cn2)c(C(F)(F)F)c1. The predicted molar refractivity (Wildman–Crippen MR) is 130 cm³/mol. The lowest BCUT2D eigenvalue weighted by molar-refractivity contribution is -0.137. The molecule has 7 nitrogen and oxygen atoms in total. The molecule has 0 saturated carbocycles. The van der Waals surface area contributed by atoms with E-state index in [1.807, 2.05) is 12.1 Å². The molecule has 1 aromatic carbocycles. The van der Waals surface area contributed by atoms with Crippen molar-refractivity contribution < 1.29 is 17.6 Å². The molecule has 1 unspecified atom stereocenters.